The molecule has 23 heavy (non-hydrogen) atoms. The van der Waals surface area contributed by atoms with Crippen LogP contribution in [0.15, 0.2) is 57.7 Å². The maximum Gasteiger partial charge on any atom is 0.336 e. The van der Waals surface area contributed by atoms with Crippen LogP contribution < -0.4 is 10.4 Å². The maximum atomic E-state index is 11.3. The Bertz CT molecular complexity index is 928. The molecule has 0 fully saturated rings. The first-order valence-corrected chi connectivity index (χ1v) is 6.93. The summed E-state index contributed by atoms with van der Waals surface area (Å²) in [5.74, 6) is 0.632. The fraction of sp³-hybridized carbons (Fsp3) is 0.118. The molecule has 116 valence electrons. The molecule has 0 atom stereocenters. The zero-order valence-electron chi connectivity index (χ0n) is 12.3. The monoisotopic (exact) mass is 311 g/mol. The van der Waals surface area contributed by atoms with Crippen molar-refractivity contribution in [3.8, 4) is 5.75 Å². The molecule has 0 aliphatic rings. The molecule has 3 aromatic rings. The Balaban J connectivity index is 1.79. The Labute approximate surface area is 131 Å². The number of nitro groups is 1. The average molecular weight is 311 g/mol. The van der Waals surface area contributed by atoms with Crippen molar-refractivity contribution in [2.24, 2.45) is 0 Å². The summed E-state index contributed by atoms with van der Waals surface area (Å²) in [7, 11) is 0. The lowest BCUT2D eigenvalue weighted by Gasteiger charge is -2.08. The molecule has 0 N–H and O–H groups in total. The minimum Gasteiger partial charge on any atom is -0.489 e. The Hall–Kier alpha value is -3.15. The lowest BCUT2D eigenvalue weighted by molar-refractivity contribution is -0.384. The molecule has 0 aliphatic carbocycles. The Morgan fingerprint density at radius 1 is 1.13 bits per heavy atom. The second-order valence-electron chi connectivity index (χ2n) is 5.12. The summed E-state index contributed by atoms with van der Waals surface area (Å²) >= 11 is 0. The number of nitrogens with zero attached hydrogens (tertiary/aromatic N) is 1. The van der Waals surface area contributed by atoms with Crippen LogP contribution in [0.5, 0.6) is 5.75 Å². The van der Waals surface area contributed by atoms with E-state index in [4.69, 9.17) is 9.15 Å². The number of aryl methyl sites for hydroxylation is 1. The molecule has 2 aromatic carbocycles. The normalized spacial score (nSPS) is 10.7. The van der Waals surface area contributed by atoms with Gasteiger partial charge in [0.25, 0.3) is 5.69 Å². The molecule has 0 spiro atoms. The van der Waals surface area contributed by atoms with E-state index in [1.807, 2.05) is 6.92 Å². The Kier molecular flexibility index (Phi) is 3.80. The first-order valence-electron chi connectivity index (χ1n) is 6.93. The van der Waals surface area contributed by atoms with E-state index in [-0.39, 0.29) is 11.3 Å². The van der Waals surface area contributed by atoms with E-state index in [0.717, 1.165) is 16.5 Å². The smallest absolute Gasteiger partial charge is 0.336 e. The number of hydrogen-bond donors (Lipinski definition) is 0. The third-order valence-electron chi connectivity index (χ3n) is 3.47. The summed E-state index contributed by atoms with van der Waals surface area (Å²) in [5.41, 5.74) is 1.82. The van der Waals surface area contributed by atoms with Gasteiger partial charge in [0.2, 0.25) is 0 Å². The first-order chi connectivity index (χ1) is 11.0. The van der Waals surface area contributed by atoms with Gasteiger partial charge >= 0.3 is 5.63 Å². The fourth-order valence-electron chi connectivity index (χ4n) is 2.27. The van der Waals surface area contributed by atoms with Gasteiger partial charge in [0.05, 0.1) is 4.92 Å². The van der Waals surface area contributed by atoms with Gasteiger partial charge in [-0.1, -0.05) is 0 Å². The van der Waals surface area contributed by atoms with Crippen molar-refractivity contribution >= 4 is 16.7 Å². The van der Waals surface area contributed by atoms with Crippen molar-refractivity contribution in [3.63, 3.8) is 0 Å². The minimum atomic E-state index is -0.440. The van der Waals surface area contributed by atoms with Crippen molar-refractivity contribution in [1.29, 1.82) is 0 Å². The van der Waals surface area contributed by atoms with E-state index in [1.165, 1.54) is 18.2 Å². The van der Waals surface area contributed by atoms with E-state index in [9.17, 15) is 14.9 Å². The van der Waals surface area contributed by atoms with Gasteiger partial charge in [-0.3, -0.25) is 10.1 Å². The van der Waals surface area contributed by atoms with E-state index in [0.29, 0.717) is 17.9 Å². The van der Waals surface area contributed by atoms with Gasteiger partial charge in [-0.25, -0.2) is 4.79 Å². The first kappa shape index (κ1) is 14.8. The van der Waals surface area contributed by atoms with Gasteiger partial charge in [-0.05, 0) is 48.4 Å². The molecule has 0 saturated heterocycles. The predicted octanol–water partition coefficient (Wildman–Crippen LogP) is 3.59. The van der Waals surface area contributed by atoms with Crippen LogP contribution in [0.25, 0.3) is 11.0 Å². The number of non-ortho nitro benzene ring substituents is 1. The van der Waals surface area contributed by atoms with Gasteiger partial charge in [0.15, 0.2) is 0 Å². The standard InChI is InChI=1S/C17H13NO5/c1-11-8-17(19)23-16-7-6-14(9-15(11)16)22-10-12-2-4-13(5-3-12)18(20)21/h2-9H,10H2,1H3. The number of fused-ring (bicyclic) bond motifs is 1. The average Bonchev–Trinajstić information content (AvgIpc) is 2.53. The summed E-state index contributed by atoms with van der Waals surface area (Å²) < 4.78 is 10.8. The summed E-state index contributed by atoms with van der Waals surface area (Å²) in [6.07, 6.45) is 0. The van der Waals surface area contributed by atoms with Crippen molar-refractivity contribution in [3.05, 3.63) is 80.2 Å². The Morgan fingerprint density at radius 2 is 1.87 bits per heavy atom. The van der Waals surface area contributed by atoms with Crippen LogP contribution in [0.1, 0.15) is 11.1 Å². The van der Waals surface area contributed by atoms with Crippen LogP contribution in [-0.2, 0) is 6.61 Å². The van der Waals surface area contributed by atoms with Gasteiger partial charge in [-0.15, -0.1) is 0 Å². The molecular formula is C17H13NO5. The molecule has 1 aromatic heterocycles. The van der Waals surface area contributed by atoms with Crippen LogP contribution in [0.3, 0.4) is 0 Å². The zero-order valence-corrected chi connectivity index (χ0v) is 12.3. The molecule has 0 radical (unpaired) electrons. The number of benzene rings is 2. The van der Waals surface area contributed by atoms with Crippen molar-refractivity contribution in [1.82, 2.24) is 0 Å². The van der Waals surface area contributed by atoms with Crippen LogP contribution in [0, 0.1) is 17.0 Å². The molecule has 0 amide bonds. The lowest BCUT2D eigenvalue weighted by atomic mass is 10.1. The number of hydrogen-bond acceptors (Lipinski definition) is 5. The van der Waals surface area contributed by atoms with Crippen LogP contribution in [-0.4, -0.2) is 4.92 Å². The highest BCUT2D eigenvalue weighted by atomic mass is 16.6. The molecule has 3 rings (SSSR count). The quantitative estimate of drug-likeness (QED) is 0.418. The number of rotatable bonds is 4. The zero-order chi connectivity index (χ0) is 16.4. The summed E-state index contributed by atoms with van der Waals surface area (Å²) in [4.78, 5) is 21.5. The Morgan fingerprint density at radius 3 is 2.57 bits per heavy atom. The van der Waals surface area contributed by atoms with Gasteiger partial charge in [0.1, 0.15) is 17.9 Å². The topological polar surface area (TPSA) is 82.6 Å². The third kappa shape index (κ3) is 3.21. The third-order valence-corrected chi connectivity index (χ3v) is 3.47. The van der Waals surface area contributed by atoms with Gasteiger partial charge in [-0.2, -0.15) is 0 Å². The van der Waals surface area contributed by atoms with E-state index >= 15 is 0 Å². The number of nitro benzene ring substituents is 1. The molecular weight excluding hydrogens is 298 g/mol. The van der Waals surface area contributed by atoms with Gasteiger partial charge in [0, 0.05) is 23.6 Å². The van der Waals surface area contributed by atoms with E-state index in [1.54, 1.807) is 30.3 Å². The summed E-state index contributed by atoms with van der Waals surface area (Å²) in [6.45, 7) is 2.12. The van der Waals surface area contributed by atoms with Crippen LogP contribution in [0.2, 0.25) is 0 Å². The predicted molar refractivity (Wildman–Crippen MR) is 84.6 cm³/mol. The molecule has 1 heterocycles. The molecule has 0 saturated carbocycles. The maximum absolute atomic E-state index is 11.3. The minimum absolute atomic E-state index is 0.0464. The lowest BCUT2D eigenvalue weighted by Crippen LogP contribution is -1.99. The molecule has 6 heteroatoms. The van der Waals surface area contributed by atoms with Crippen LogP contribution in [0.4, 0.5) is 5.69 Å². The van der Waals surface area contributed by atoms with E-state index < -0.39 is 4.92 Å². The molecule has 0 unspecified atom stereocenters. The highest BCUT2D eigenvalue weighted by molar-refractivity contribution is 5.81. The summed E-state index contributed by atoms with van der Waals surface area (Å²) in [6, 6.07) is 12.8. The van der Waals surface area contributed by atoms with Crippen molar-refractivity contribution in [2.75, 3.05) is 0 Å². The van der Waals surface area contributed by atoms with Crippen molar-refractivity contribution < 1.29 is 14.1 Å². The second kappa shape index (κ2) is 5.92. The fourth-order valence-corrected chi connectivity index (χ4v) is 2.27. The van der Waals surface area contributed by atoms with E-state index in [2.05, 4.69) is 0 Å². The summed E-state index contributed by atoms with van der Waals surface area (Å²) in [5, 5.41) is 11.4. The number of ether oxygens (including phenoxy) is 1. The SMILES string of the molecule is Cc1cc(=O)oc2ccc(OCc3ccc([N+](=O)[O-])cc3)cc12. The van der Waals surface area contributed by atoms with Crippen LogP contribution >= 0.6 is 0 Å². The highest BCUT2D eigenvalue weighted by Gasteiger charge is 2.06. The largest absolute Gasteiger partial charge is 0.489 e. The molecule has 6 nitrogen and oxygen atoms in total. The van der Waals surface area contributed by atoms with Crippen molar-refractivity contribution in [2.45, 2.75) is 13.5 Å². The molecule has 0 bridgehead atoms. The van der Waals surface area contributed by atoms with Gasteiger partial charge < -0.3 is 9.15 Å². The molecule has 0 aliphatic heterocycles. The second-order valence-corrected chi connectivity index (χ2v) is 5.12. The highest BCUT2D eigenvalue weighted by Crippen LogP contribution is 2.23.